The molecule has 0 unspecified atom stereocenters. The number of likely N-dealkylation sites (tertiary alicyclic amines) is 1. The number of alkyl halides is 2. The summed E-state index contributed by atoms with van der Waals surface area (Å²) in [7, 11) is 0. The number of benzene rings is 1. The van der Waals surface area contributed by atoms with Gasteiger partial charge in [-0.05, 0) is 25.7 Å². The van der Waals surface area contributed by atoms with Gasteiger partial charge in [-0.2, -0.15) is 0 Å². The van der Waals surface area contributed by atoms with Crippen molar-refractivity contribution < 1.29 is 22.7 Å². The van der Waals surface area contributed by atoms with Crippen LogP contribution in [-0.4, -0.2) is 40.5 Å². The van der Waals surface area contributed by atoms with Crippen molar-refractivity contribution >= 4 is 11.7 Å². The third kappa shape index (κ3) is 5.20. The van der Waals surface area contributed by atoms with E-state index >= 15 is 0 Å². The molecule has 3 rings (SSSR count). The van der Waals surface area contributed by atoms with Gasteiger partial charge in [0, 0.05) is 38.0 Å². The number of hydrogen-bond acceptors (Lipinski definition) is 5. The number of rotatable bonds is 7. The average molecular weight is 422 g/mol. The Labute approximate surface area is 173 Å². The number of carbonyl (C=O) groups is 1. The van der Waals surface area contributed by atoms with Gasteiger partial charge in [-0.15, -0.1) is 0 Å². The van der Waals surface area contributed by atoms with Crippen LogP contribution in [0.5, 0.6) is 5.88 Å². The van der Waals surface area contributed by atoms with Gasteiger partial charge in [-0.3, -0.25) is 4.79 Å². The highest BCUT2D eigenvalue weighted by Crippen LogP contribution is 2.30. The number of nitrogens with one attached hydrogen (secondary N) is 1. The number of carbonyl (C=O) groups excluding carboxylic acids is 1. The number of nitrogens with zero attached hydrogens (tertiary/aromatic N) is 3. The molecule has 9 heteroatoms. The average Bonchev–Trinajstić information content (AvgIpc) is 2.73. The first-order chi connectivity index (χ1) is 14.4. The highest BCUT2D eigenvalue weighted by atomic mass is 19.3. The van der Waals surface area contributed by atoms with Crippen LogP contribution in [0.15, 0.2) is 30.6 Å². The summed E-state index contributed by atoms with van der Waals surface area (Å²) in [6, 6.07) is 3.31. The Hall–Kier alpha value is -2.84. The molecule has 1 aromatic carbocycles. The number of halogens is 3. The molecule has 1 fully saturated rings. The van der Waals surface area contributed by atoms with E-state index < -0.39 is 23.8 Å². The first kappa shape index (κ1) is 21.9. The van der Waals surface area contributed by atoms with Crippen molar-refractivity contribution in [3.8, 4) is 5.88 Å². The number of aromatic nitrogens is 2. The lowest BCUT2D eigenvalue weighted by Crippen LogP contribution is -2.38. The summed E-state index contributed by atoms with van der Waals surface area (Å²) >= 11 is 0. The van der Waals surface area contributed by atoms with Crippen LogP contribution in [0.1, 0.15) is 50.3 Å². The minimum atomic E-state index is -2.89. The van der Waals surface area contributed by atoms with E-state index in [0.29, 0.717) is 25.5 Å². The van der Waals surface area contributed by atoms with Crippen molar-refractivity contribution in [1.29, 1.82) is 0 Å². The number of piperidine rings is 1. The van der Waals surface area contributed by atoms with E-state index in [2.05, 4.69) is 15.3 Å². The highest BCUT2D eigenvalue weighted by molar-refractivity contribution is 5.73. The number of hydrogen-bond donors (Lipinski definition) is 1. The topological polar surface area (TPSA) is 67.4 Å². The Morgan fingerprint density at radius 1 is 1.23 bits per heavy atom. The van der Waals surface area contributed by atoms with Crippen LogP contribution in [0.3, 0.4) is 0 Å². The van der Waals surface area contributed by atoms with Gasteiger partial charge in [-0.1, -0.05) is 18.2 Å². The van der Waals surface area contributed by atoms with Crippen molar-refractivity contribution in [3.63, 3.8) is 0 Å². The summed E-state index contributed by atoms with van der Waals surface area (Å²) in [5.41, 5.74) is -0.519. The Morgan fingerprint density at radius 2 is 1.90 bits per heavy atom. The first-order valence-corrected chi connectivity index (χ1v) is 9.89. The molecule has 0 saturated carbocycles. The molecule has 162 valence electrons. The molecule has 1 atom stereocenters. The van der Waals surface area contributed by atoms with Crippen LogP contribution in [0.25, 0.3) is 0 Å². The predicted octanol–water partition coefficient (Wildman–Crippen LogP) is 4.36. The Kier molecular flexibility index (Phi) is 7.12. The third-order valence-corrected chi connectivity index (χ3v) is 5.29. The van der Waals surface area contributed by atoms with Crippen LogP contribution in [0, 0.1) is 11.7 Å². The fourth-order valence-electron chi connectivity index (χ4n) is 3.50. The van der Waals surface area contributed by atoms with Gasteiger partial charge in [0.05, 0.1) is 18.2 Å². The standard InChI is InChI=1S/C21H25F3N4O2/c1-13(16-4-3-5-17(18(16)22)19(23)24)27-20-21(26-9-8-25-20)30-12-15-6-10-28(11-7-15)14(2)29/h3-5,8-9,13,15,19H,6-7,10-12H2,1-2H3,(H,25,27)/t13-/m1/s1. The maximum absolute atomic E-state index is 14.4. The smallest absolute Gasteiger partial charge is 0.266 e. The van der Waals surface area contributed by atoms with Gasteiger partial charge in [0.2, 0.25) is 5.91 Å². The van der Waals surface area contributed by atoms with E-state index in [1.54, 1.807) is 13.8 Å². The lowest BCUT2D eigenvalue weighted by atomic mass is 9.98. The maximum Gasteiger partial charge on any atom is 0.266 e. The minimum Gasteiger partial charge on any atom is -0.475 e. The van der Waals surface area contributed by atoms with Crippen LogP contribution in [0.2, 0.25) is 0 Å². The summed E-state index contributed by atoms with van der Waals surface area (Å²) < 4.78 is 46.3. The van der Waals surface area contributed by atoms with Crippen molar-refractivity contribution in [2.45, 2.75) is 39.2 Å². The van der Waals surface area contributed by atoms with E-state index in [0.717, 1.165) is 18.9 Å². The molecule has 2 heterocycles. The second kappa shape index (κ2) is 9.77. The summed E-state index contributed by atoms with van der Waals surface area (Å²) in [6.45, 7) is 5.04. The first-order valence-electron chi connectivity index (χ1n) is 9.89. The maximum atomic E-state index is 14.4. The second-order valence-corrected chi connectivity index (χ2v) is 7.39. The molecule has 1 N–H and O–H groups in total. The van der Waals surface area contributed by atoms with E-state index in [1.165, 1.54) is 24.5 Å². The largest absolute Gasteiger partial charge is 0.475 e. The molecule has 1 aliphatic rings. The lowest BCUT2D eigenvalue weighted by molar-refractivity contribution is -0.130. The molecule has 6 nitrogen and oxygen atoms in total. The molecule has 0 spiro atoms. The SMILES string of the molecule is CC(=O)N1CCC(COc2nccnc2N[C@H](C)c2cccc(C(F)F)c2F)CC1. The van der Waals surface area contributed by atoms with E-state index in [9.17, 15) is 18.0 Å². The van der Waals surface area contributed by atoms with Crippen LogP contribution in [-0.2, 0) is 4.79 Å². The Bertz CT molecular complexity index is 873. The number of anilines is 1. The molecule has 2 aromatic rings. The second-order valence-electron chi connectivity index (χ2n) is 7.39. The Balaban J connectivity index is 1.65. The molecule has 1 saturated heterocycles. The fraction of sp³-hybridized carbons (Fsp3) is 0.476. The van der Waals surface area contributed by atoms with Crippen molar-refractivity contribution in [1.82, 2.24) is 14.9 Å². The zero-order valence-electron chi connectivity index (χ0n) is 16.9. The zero-order valence-corrected chi connectivity index (χ0v) is 16.9. The van der Waals surface area contributed by atoms with Gasteiger partial charge in [0.15, 0.2) is 5.82 Å². The number of amides is 1. The summed E-state index contributed by atoms with van der Waals surface area (Å²) in [4.78, 5) is 21.7. The van der Waals surface area contributed by atoms with Gasteiger partial charge >= 0.3 is 0 Å². The zero-order chi connectivity index (χ0) is 21.7. The fourth-order valence-corrected chi connectivity index (χ4v) is 3.50. The van der Waals surface area contributed by atoms with Crippen LogP contribution >= 0.6 is 0 Å². The van der Waals surface area contributed by atoms with Crippen LogP contribution in [0.4, 0.5) is 19.0 Å². The van der Waals surface area contributed by atoms with Crippen molar-refractivity contribution in [2.24, 2.45) is 5.92 Å². The quantitative estimate of drug-likeness (QED) is 0.718. The van der Waals surface area contributed by atoms with E-state index in [1.807, 2.05) is 4.90 Å². The van der Waals surface area contributed by atoms with Gasteiger partial charge in [0.1, 0.15) is 5.82 Å². The predicted molar refractivity (Wildman–Crippen MR) is 106 cm³/mol. The summed E-state index contributed by atoms with van der Waals surface area (Å²) in [5, 5.41) is 3.01. The molecule has 1 aromatic heterocycles. The highest BCUT2D eigenvalue weighted by Gasteiger charge is 2.23. The monoisotopic (exact) mass is 422 g/mol. The molecule has 0 aliphatic carbocycles. The molecule has 1 amide bonds. The Morgan fingerprint density at radius 3 is 2.57 bits per heavy atom. The van der Waals surface area contributed by atoms with Gasteiger partial charge in [-0.25, -0.2) is 23.1 Å². The molecule has 0 radical (unpaired) electrons. The van der Waals surface area contributed by atoms with Crippen LogP contribution < -0.4 is 10.1 Å². The van der Waals surface area contributed by atoms with Gasteiger partial charge in [0.25, 0.3) is 12.3 Å². The molecular weight excluding hydrogens is 397 g/mol. The van der Waals surface area contributed by atoms with E-state index in [4.69, 9.17) is 4.74 Å². The number of ether oxygens (including phenoxy) is 1. The summed E-state index contributed by atoms with van der Waals surface area (Å²) in [5.74, 6) is 0.00726. The van der Waals surface area contributed by atoms with Crippen molar-refractivity contribution in [3.05, 3.63) is 47.5 Å². The minimum absolute atomic E-state index is 0.0758. The third-order valence-electron chi connectivity index (χ3n) is 5.29. The normalized spacial score (nSPS) is 15.9. The molecular formula is C21H25F3N4O2. The molecule has 0 bridgehead atoms. The summed E-state index contributed by atoms with van der Waals surface area (Å²) in [6.07, 6.45) is 1.75. The molecule has 30 heavy (non-hydrogen) atoms. The molecule has 1 aliphatic heterocycles. The lowest BCUT2D eigenvalue weighted by Gasteiger charge is -2.31. The van der Waals surface area contributed by atoms with Gasteiger partial charge < -0.3 is 15.0 Å². The van der Waals surface area contributed by atoms with E-state index in [-0.39, 0.29) is 23.3 Å². The van der Waals surface area contributed by atoms with Crippen molar-refractivity contribution in [2.75, 3.05) is 25.0 Å².